The van der Waals surface area contributed by atoms with Gasteiger partial charge in [-0.15, -0.1) is 0 Å². The molecule has 1 fully saturated rings. The molecule has 4 heteroatoms. The predicted octanol–water partition coefficient (Wildman–Crippen LogP) is 2.06. The number of aryl methyl sites for hydroxylation is 2. The van der Waals surface area contributed by atoms with E-state index in [9.17, 15) is 9.90 Å². The number of amides is 1. The van der Waals surface area contributed by atoms with Crippen molar-refractivity contribution in [2.24, 2.45) is 0 Å². The summed E-state index contributed by atoms with van der Waals surface area (Å²) in [6, 6.07) is 6.02. The smallest absolute Gasteiger partial charge is 0.226 e. The molecule has 1 heterocycles. The summed E-state index contributed by atoms with van der Waals surface area (Å²) in [7, 11) is 0. The Labute approximate surface area is 120 Å². The van der Waals surface area contributed by atoms with Crippen LogP contribution >= 0.6 is 0 Å². The third kappa shape index (κ3) is 3.51. The van der Waals surface area contributed by atoms with Crippen molar-refractivity contribution in [3.63, 3.8) is 0 Å². The molecular weight excluding hydrogens is 254 g/mol. The lowest BCUT2D eigenvalue weighted by atomic mass is 10.1. The van der Waals surface area contributed by atoms with Crippen molar-refractivity contribution in [2.45, 2.75) is 39.2 Å². The van der Waals surface area contributed by atoms with Gasteiger partial charge in [0, 0.05) is 6.54 Å². The molecule has 4 nitrogen and oxygen atoms in total. The van der Waals surface area contributed by atoms with Gasteiger partial charge in [0.15, 0.2) is 0 Å². The number of benzene rings is 1. The van der Waals surface area contributed by atoms with Crippen LogP contribution in [0.25, 0.3) is 0 Å². The zero-order chi connectivity index (χ0) is 14.5. The summed E-state index contributed by atoms with van der Waals surface area (Å²) in [4.78, 5) is 13.9. The van der Waals surface area contributed by atoms with Crippen LogP contribution in [0.15, 0.2) is 18.2 Å². The lowest BCUT2D eigenvalue weighted by molar-refractivity contribution is -0.133. The molecule has 1 aromatic carbocycles. The number of hydrogen-bond acceptors (Lipinski definition) is 3. The van der Waals surface area contributed by atoms with Crippen molar-refractivity contribution >= 4 is 5.91 Å². The van der Waals surface area contributed by atoms with E-state index in [1.54, 1.807) is 4.90 Å². The van der Waals surface area contributed by atoms with Crippen LogP contribution in [0.3, 0.4) is 0 Å². The molecule has 1 N–H and O–H groups in total. The zero-order valence-corrected chi connectivity index (χ0v) is 12.3. The molecule has 0 radical (unpaired) electrons. The van der Waals surface area contributed by atoms with Gasteiger partial charge >= 0.3 is 0 Å². The molecule has 1 aromatic rings. The summed E-state index contributed by atoms with van der Waals surface area (Å²) in [5, 5.41) is 9.23. The van der Waals surface area contributed by atoms with Gasteiger partial charge in [0.25, 0.3) is 0 Å². The molecule has 0 saturated carbocycles. The Kier molecular flexibility index (Phi) is 5.01. The Morgan fingerprint density at radius 2 is 2.25 bits per heavy atom. The summed E-state index contributed by atoms with van der Waals surface area (Å²) < 4.78 is 5.68. The molecule has 1 amide bonds. The number of aliphatic hydroxyl groups excluding tert-OH is 1. The Hall–Kier alpha value is -1.55. The van der Waals surface area contributed by atoms with E-state index in [2.05, 4.69) is 6.07 Å². The van der Waals surface area contributed by atoms with Gasteiger partial charge in [-0.05, 0) is 38.3 Å². The summed E-state index contributed by atoms with van der Waals surface area (Å²) >= 11 is 0. The van der Waals surface area contributed by atoms with Crippen molar-refractivity contribution in [3.8, 4) is 5.75 Å². The number of nitrogens with zero attached hydrogens (tertiary/aromatic N) is 1. The highest BCUT2D eigenvalue weighted by atomic mass is 16.5. The maximum absolute atomic E-state index is 12.1. The highest BCUT2D eigenvalue weighted by molar-refractivity contribution is 5.77. The molecule has 0 spiro atoms. The van der Waals surface area contributed by atoms with E-state index in [1.165, 1.54) is 5.56 Å². The molecule has 2 rings (SSSR count). The van der Waals surface area contributed by atoms with Crippen LogP contribution < -0.4 is 4.74 Å². The largest absolute Gasteiger partial charge is 0.493 e. The van der Waals surface area contributed by atoms with Gasteiger partial charge in [0.2, 0.25) is 5.91 Å². The Bertz CT molecular complexity index is 473. The fourth-order valence-electron chi connectivity index (χ4n) is 2.71. The van der Waals surface area contributed by atoms with Crippen LogP contribution in [0.2, 0.25) is 0 Å². The molecule has 0 bridgehead atoms. The predicted molar refractivity (Wildman–Crippen MR) is 77.8 cm³/mol. The van der Waals surface area contributed by atoms with Gasteiger partial charge in [-0.3, -0.25) is 4.79 Å². The summed E-state index contributed by atoms with van der Waals surface area (Å²) in [5.74, 6) is 0.912. The zero-order valence-electron chi connectivity index (χ0n) is 12.3. The lowest BCUT2D eigenvalue weighted by Crippen LogP contribution is -2.38. The molecule has 1 atom stereocenters. The minimum atomic E-state index is 0.00334. The van der Waals surface area contributed by atoms with Gasteiger partial charge in [0.1, 0.15) is 5.75 Å². The molecule has 0 aliphatic carbocycles. The van der Waals surface area contributed by atoms with Crippen LogP contribution in [0.1, 0.15) is 30.4 Å². The van der Waals surface area contributed by atoms with Gasteiger partial charge in [-0.1, -0.05) is 17.7 Å². The molecule has 1 saturated heterocycles. The van der Waals surface area contributed by atoms with Crippen LogP contribution in [0.5, 0.6) is 5.75 Å². The topological polar surface area (TPSA) is 49.8 Å². The number of carbonyl (C=O) groups is 1. The minimum absolute atomic E-state index is 0.00334. The van der Waals surface area contributed by atoms with Gasteiger partial charge in [-0.25, -0.2) is 0 Å². The Morgan fingerprint density at radius 1 is 1.45 bits per heavy atom. The monoisotopic (exact) mass is 277 g/mol. The van der Waals surface area contributed by atoms with Crippen LogP contribution in [-0.2, 0) is 4.79 Å². The van der Waals surface area contributed by atoms with Crippen LogP contribution in [0, 0.1) is 13.8 Å². The highest BCUT2D eigenvalue weighted by Gasteiger charge is 2.27. The molecule has 20 heavy (non-hydrogen) atoms. The Morgan fingerprint density at radius 3 is 2.95 bits per heavy atom. The summed E-state index contributed by atoms with van der Waals surface area (Å²) in [6.07, 6.45) is 2.25. The number of aliphatic hydroxyl groups is 1. The maximum Gasteiger partial charge on any atom is 0.226 e. The molecule has 1 aliphatic heterocycles. The quantitative estimate of drug-likeness (QED) is 0.896. The van der Waals surface area contributed by atoms with E-state index in [-0.39, 0.29) is 18.6 Å². The van der Waals surface area contributed by atoms with Crippen LogP contribution in [0.4, 0.5) is 0 Å². The molecule has 0 aromatic heterocycles. The number of ether oxygens (including phenoxy) is 1. The molecular formula is C16H23NO3. The number of likely N-dealkylation sites (tertiary alicyclic amines) is 1. The SMILES string of the molecule is Cc1ccc(OCCC(=O)N2CCC[C@@H]2CO)c(C)c1. The summed E-state index contributed by atoms with van der Waals surface area (Å²) in [5.41, 5.74) is 2.29. The summed E-state index contributed by atoms with van der Waals surface area (Å²) in [6.45, 7) is 5.25. The maximum atomic E-state index is 12.1. The van der Waals surface area contributed by atoms with Gasteiger partial charge < -0.3 is 14.7 Å². The van der Waals surface area contributed by atoms with E-state index >= 15 is 0 Å². The van der Waals surface area contributed by atoms with E-state index in [0.29, 0.717) is 13.0 Å². The lowest BCUT2D eigenvalue weighted by Gasteiger charge is -2.23. The van der Waals surface area contributed by atoms with Crippen molar-refractivity contribution in [1.82, 2.24) is 4.90 Å². The molecule has 1 aliphatic rings. The molecule has 0 unspecified atom stereocenters. The first-order valence-electron chi connectivity index (χ1n) is 7.22. The first-order chi connectivity index (χ1) is 9.61. The van der Waals surface area contributed by atoms with E-state index in [0.717, 1.165) is 30.7 Å². The fourth-order valence-corrected chi connectivity index (χ4v) is 2.71. The Balaban J connectivity index is 1.82. The second kappa shape index (κ2) is 6.75. The van der Waals surface area contributed by atoms with E-state index in [1.807, 2.05) is 26.0 Å². The second-order valence-electron chi connectivity index (χ2n) is 5.43. The molecule has 110 valence electrons. The van der Waals surface area contributed by atoms with Gasteiger partial charge in [0.05, 0.1) is 25.7 Å². The van der Waals surface area contributed by atoms with Crippen molar-refractivity contribution in [1.29, 1.82) is 0 Å². The van der Waals surface area contributed by atoms with Gasteiger partial charge in [-0.2, -0.15) is 0 Å². The number of carbonyl (C=O) groups excluding carboxylic acids is 1. The van der Waals surface area contributed by atoms with Crippen molar-refractivity contribution in [3.05, 3.63) is 29.3 Å². The number of hydrogen-bond donors (Lipinski definition) is 1. The third-order valence-electron chi connectivity index (χ3n) is 3.81. The standard InChI is InChI=1S/C16H23NO3/c1-12-5-6-15(13(2)10-12)20-9-7-16(19)17-8-3-4-14(17)11-18/h5-6,10,14,18H,3-4,7-9,11H2,1-2H3/t14-/m1/s1. The number of rotatable bonds is 5. The fraction of sp³-hybridized carbons (Fsp3) is 0.562. The van der Waals surface area contributed by atoms with Crippen LogP contribution in [-0.4, -0.2) is 41.7 Å². The first kappa shape index (κ1) is 14.9. The second-order valence-corrected chi connectivity index (χ2v) is 5.43. The average Bonchev–Trinajstić information content (AvgIpc) is 2.89. The van der Waals surface area contributed by atoms with Crippen molar-refractivity contribution in [2.75, 3.05) is 19.8 Å². The van der Waals surface area contributed by atoms with Crippen molar-refractivity contribution < 1.29 is 14.6 Å². The van der Waals surface area contributed by atoms with E-state index in [4.69, 9.17) is 4.74 Å². The minimum Gasteiger partial charge on any atom is -0.493 e. The average molecular weight is 277 g/mol. The first-order valence-corrected chi connectivity index (χ1v) is 7.22. The van der Waals surface area contributed by atoms with E-state index < -0.39 is 0 Å². The normalized spacial score (nSPS) is 18.4. The highest BCUT2D eigenvalue weighted by Crippen LogP contribution is 2.20. The third-order valence-corrected chi connectivity index (χ3v) is 3.81.